The molecule has 0 unspecified atom stereocenters. The lowest BCUT2D eigenvalue weighted by Gasteiger charge is -2.36. The van der Waals surface area contributed by atoms with Gasteiger partial charge in [-0.15, -0.1) is 11.8 Å². The molecule has 1 fully saturated rings. The van der Waals surface area contributed by atoms with E-state index in [-0.39, 0.29) is 28.9 Å². The molecule has 2 aromatic carbocycles. The highest BCUT2D eigenvalue weighted by molar-refractivity contribution is 8.00. The number of carbonyl (C=O) groups is 2. The van der Waals surface area contributed by atoms with Gasteiger partial charge in [-0.2, -0.15) is 0 Å². The summed E-state index contributed by atoms with van der Waals surface area (Å²) in [5.74, 6) is 0.540. The maximum atomic E-state index is 12.8. The fourth-order valence-corrected chi connectivity index (χ4v) is 5.80. The van der Waals surface area contributed by atoms with E-state index in [1.54, 1.807) is 18.1 Å². The van der Waals surface area contributed by atoms with Gasteiger partial charge in [0.2, 0.25) is 11.8 Å². The molecule has 2 aliphatic rings. The van der Waals surface area contributed by atoms with E-state index in [1.807, 2.05) is 24.3 Å². The molecule has 0 spiro atoms. The van der Waals surface area contributed by atoms with Crippen LogP contribution in [-0.2, 0) is 19.4 Å². The van der Waals surface area contributed by atoms with Gasteiger partial charge in [-0.25, -0.2) is 8.42 Å². The van der Waals surface area contributed by atoms with Crippen LogP contribution in [0.1, 0.15) is 6.42 Å². The van der Waals surface area contributed by atoms with Gasteiger partial charge < -0.3 is 19.9 Å². The Morgan fingerprint density at radius 3 is 2.50 bits per heavy atom. The minimum Gasteiger partial charge on any atom is -0.497 e. The molecule has 1 N–H and O–H groups in total. The molecular weight excluding hydrogens is 450 g/mol. The first-order valence-electron chi connectivity index (χ1n) is 10.3. The molecule has 2 aliphatic heterocycles. The summed E-state index contributed by atoms with van der Waals surface area (Å²) in [5.41, 5.74) is 1.58. The van der Waals surface area contributed by atoms with Crippen LogP contribution in [0.2, 0.25) is 0 Å². The summed E-state index contributed by atoms with van der Waals surface area (Å²) < 4.78 is 30.7. The molecule has 10 heteroatoms. The first-order valence-corrected chi connectivity index (χ1v) is 13.0. The number of hydrogen-bond donors (Lipinski definition) is 1. The molecule has 1 saturated heterocycles. The SMILES string of the molecule is COc1ccc(N2CCN(C(=O)CCS(=O)(=O)c3ccc4c(c3)NC(=O)CS4)CC2)cc1. The van der Waals surface area contributed by atoms with Crippen LogP contribution >= 0.6 is 11.8 Å². The number of nitrogens with one attached hydrogen (secondary N) is 1. The third-order valence-electron chi connectivity index (χ3n) is 5.60. The largest absolute Gasteiger partial charge is 0.497 e. The second-order valence-corrected chi connectivity index (χ2v) is 10.8. The van der Waals surface area contributed by atoms with Crippen LogP contribution in [-0.4, -0.2) is 69.9 Å². The summed E-state index contributed by atoms with van der Waals surface area (Å²) in [6.45, 7) is 2.47. The van der Waals surface area contributed by atoms with Crippen LogP contribution in [0, 0.1) is 0 Å². The molecule has 0 atom stereocenters. The normalized spacial score (nSPS) is 16.3. The molecule has 170 valence electrons. The maximum Gasteiger partial charge on any atom is 0.234 e. The van der Waals surface area contributed by atoms with Gasteiger partial charge in [-0.1, -0.05) is 0 Å². The van der Waals surface area contributed by atoms with Gasteiger partial charge in [-0.05, 0) is 42.5 Å². The summed E-state index contributed by atoms with van der Waals surface area (Å²) in [6, 6.07) is 12.5. The smallest absolute Gasteiger partial charge is 0.234 e. The average Bonchev–Trinajstić information content (AvgIpc) is 2.82. The number of sulfone groups is 1. The Balaban J connectivity index is 1.31. The second kappa shape index (κ2) is 9.41. The van der Waals surface area contributed by atoms with E-state index in [9.17, 15) is 18.0 Å². The van der Waals surface area contributed by atoms with Gasteiger partial charge in [-0.3, -0.25) is 9.59 Å². The Bertz CT molecular complexity index is 1110. The highest BCUT2D eigenvalue weighted by Crippen LogP contribution is 2.33. The molecule has 2 aromatic rings. The zero-order chi connectivity index (χ0) is 22.7. The number of hydrogen-bond acceptors (Lipinski definition) is 7. The van der Waals surface area contributed by atoms with E-state index in [1.165, 1.54) is 23.9 Å². The predicted molar refractivity (Wildman–Crippen MR) is 124 cm³/mol. The molecule has 0 radical (unpaired) electrons. The molecule has 2 heterocycles. The Morgan fingerprint density at radius 2 is 1.81 bits per heavy atom. The van der Waals surface area contributed by atoms with Gasteiger partial charge in [0.15, 0.2) is 9.84 Å². The fraction of sp³-hybridized carbons (Fsp3) is 0.364. The molecule has 4 rings (SSSR count). The minimum absolute atomic E-state index is 0.0664. The van der Waals surface area contributed by atoms with Crippen molar-refractivity contribution >= 4 is 44.8 Å². The molecular formula is C22H25N3O5S2. The highest BCUT2D eigenvalue weighted by atomic mass is 32.2. The first kappa shape index (κ1) is 22.5. The number of methoxy groups -OCH3 is 1. The van der Waals surface area contributed by atoms with Crippen LogP contribution < -0.4 is 15.0 Å². The number of amides is 2. The summed E-state index contributed by atoms with van der Waals surface area (Å²) in [7, 11) is -2.01. The molecule has 8 nitrogen and oxygen atoms in total. The topological polar surface area (TPSA) is 96.0 Å². The fourth-order valence-electron chi connectivity index (χ4n) is 3.76. The van der Waals surface area contributed by atoms with Crippen molar-refractivity contribution in [3.63, 3.8) is 0 Å². The number of rotatable bonds is 6. The van der Waals surface area contributed by atoms with Gasteiger partial charge in [0.1, 0.15) is 5.75 Å². The predicted octanol–water partition coefficient (Wildman–Crippen LogP) is 2.25. The number of anilines is 2. The van der Waals surface area contributed by atoms with Gasteiger partial charge >= 0.3 is 0 Å². The van der Waals surface area contributed by atoms with E-state index in [2.05, 4.69) is 10.2 Å². The monoisotopic (exact) mass is 475 g/mol. The van der Waals surface area contributed by atoms with E-state index in [0.29, 0.717) is 37.6 Å². The maximum absolute atomic E-state index is 12.8. The van der Waals surface area contributed by atoms with Crippen LogP contribution in [0.3, 0.4) is 0 Å². The number of fused-ring (bicyclic) bond motifs is 1. The van der Waals surface area contributed by atoms with Crippen molar-refractivity contribution in [1.29, 1.82) is 0 Å². The molecule has 0 aromatic heterocycles. The van der Waals surface area contributed by atoms with Gasteiger partial charge in [0, 0.05) is 43.2 Å². The third kappa shape index (κ3) is 5.02. The van der Waals surface area contributed by atoms with Crippen molar-refractivity contribution in [2.45, 2.75) is 16.2 Å². The lowest BCUT2D eigenvalue weighted by molar-refractivity contribution is -0.131. The van der Waals surface area contributed by atoms with E-state index < -0.39 is 9.84 Å². The zero-order valence-electron chi connectivity index (χ0n) is 17.7. The standard InChI is InChI=1S/C22H25N3O5S2/c1-30-17-4-2-16(3-5-17)24-9-11-25(12-10-24)22(27)8-13-32(28,29)18-6-7-20-19(14-18)23-21(26)15-31-20/h2-7,14H,8-13,15H2,1H3,(H,23,26). The zero-order valence-corrected chi connectivity index (χ0v) is 19.4. The van der Waals surface area contributed by atoms with Crippen molar-refractivity contribution < 1.29 is 22.7 Å². The quantitative estimate of drug-likeness (QED) is 0.685. The molecule has 2 amide bonds. The van der Waals surface area contributed by atoms with Crippen LogP contribution in [0.15, 0.2) is 52.3 Å². The second-order valence-electron chi connectivity index (χ2n) is 7.63. The minimum atomic E-state index is -3.64. The van der Waals surface area contributed by atoms with Gasteiger partial charge in [0.25, 0.3) is 0 Å². The highest BCUT2D eigenvalue weighted by Gasteiger charge is 2.25. The lowest BCUT2D eigenvalue weighted by atomic mass is 10.2. The summed E-state index contributed by atoms with van der Waals surface area (Å²) in [4.78, 5) is 29.1. The van der Waals surface area contributed by atoms with Crippen molar-refractivity contribution in [3.05, 3.63) is 42.5 Å². The van der Waals surface area contributed by atoms with Crippen LogP contribution in [0.5, 0.6) is 5.75 Å². The number of nitrogens with zero attached hydrogens (tertiary/aromatic N) is 2. The van der Waals surface area contributed by atoms with E-state index in [4.69, 9.17) is 4.74 Å². The molecule has 0 aliphatic carbocycles. The Kier molecular flexibility index (Phi) is 6.61. The Labute approximate surface area is 191 Å². The number of benzene rings is 2. The van der Waals surface area contributed by atoms with Crippen LogP contribution in [0.4, 0.5) is 11.4 Å². The number of ether oxygens (including phenoxy) is 1. The van der Waals surface area contributed by atoms with Crippen molar-refractivity contribution in [3.8, 4) is 5.75 Å². The van der Waals surface area contributed by atoms with Crippen molar-refractivity contribution in [1.82, 2.24) is 4.90 Å². The molecule has 0 bridgehead atoms. The summed E-state index contributed by atoms with van der Waals surface area (Å²) >= 11 is 1.38. The third-order valence-corrected chi connectivity index (χ3v) is 8.38. The first-order chi connectivity index (χ1) is 15.4. The Hall–Kier alpha value is -2.72. The Morgan fingerprint density at radius 1 is 1.09 bits per heavy atom. The number of piperazine rings is 1. The van der Waals surface area contributed by atoms with Gasteiger partial charge in [0.05, 0.1) is 29.2 Å². The summed E-state index contributed by atoms with van der Waals surface area (Å²) in [5, 5.41) is 2.70. The van der Waals surface area contributed by atoms with E-state index >= 15 is 0 Å². The van der Waals surface area contributed by atoms with Crippen LogP contribution in [0.25, 0.3) is 0 Å². The average molecular weight is 476 g/mol. The number of carbonyl (C=O) groups excluding carboxylic acids is 2. The van der Waals surface area contributed by atoms with Crippen molar-refractivity contribution in [2.24, 2.45) is 0 Å². The molecule has 32 heavy (non-hydrogen) atoms. The number of thioether (sulfide) groups is 1. The lowest BCUT2D eigenvalue weighted by Crippen LogP contribution is -2.49. The summed E-state index contributed by atoms with van der Waals surface area (Å²) in [6.07, 6.45) is -0.0664. The van der Waals surface area contributed by atoms with Crippen molar-refractivity contribution in [2.75, 3.05) is 55.0 Å². The van der Waals surface area contributed by atoms with E-state index in [0.717, 1.165) is 16.3 Å². The molecule has 0 saturated carbocycles.